The largest absolute Gasteiger partial charge is 0.493 e. The van der Waals surface area contributed by atoms with Gasteiger partial charge in [0.05, 0.1) is 12.7 Å². The lowest BCUT2D eigenvalue weighted by atomic mass is 10.0. The van der Waals surface area contributed by atoms with Crippen molar-refractivity contribution in [1.82, 2.24) is 0 Å². The highest BCUT2D eigenvalue weighted by molar-refractivity contribution is 7.12. The molecule has 2 aromatic carbocycles. The Bertz CT molecular complexity index is 1590. The molecule has 0 aliphatic heterocycles. The van der Waals surface area contributed by atoms with Gasteiger partial charge in [-0.15, -0.1) is 11.3 Å². The van der Waals surface area contributed by atoms with Crippen molar-refractivity contribution in [2.24, 2.45) is 0 Å². The van der Waals surface area contributed by atoms with E-state index in [1.54, 1.807) is 53.9 Å². The number of thiophene rings is 1. The minimum atomic E-state index is -0.653. The maximum Gasteiger partial charge on any atom is 0.353 e. The Kier molecular flexibility index (Phi) is 4.84. The van der Waals surface area contributed by atoms with Gasteiger partial charge in [-0.1, -0.05) is 18.2 Å². The fourth-order valence-electron chi connectivity index (χ4n) is 3.45. The van der Waals surface area contributed by atoms with E-state index in [1.165, 1.54) is 30.6 Å². The van der Waals surface area contributed by atoms with Gasteiger partial charge in [0.2, 0.25) is 0 Å². The van der Waals surface area contributed by atoms with Gasteiger partial charge in [0.1, 0.15) is 16.2 Å². The van der Waals surface area contributed by atoms with Crippen molar-refractivity contribution in [3.05, 3.63) is 91.8 Å². The fraction of sp³-hybridized carbons (Fsp3) is 0.0417. The Balaban J connectivity index is 1.63. The Morgan fingerprint density at radius 1 is 0.938 bits per heavy atom. The van der Waals surface area contributed by atoms with E-state index >= 15 is 0 Å². The zero-order valence-electron chi connectivity index (χ0n) is 16.6. The third kappa shape index (κ3) is 3.46. The topological polar surface area (TPSA) is 96.0 Å². The molecule has 0 fully saturated rings. The van der Waals surface area contributed by atoms with Crippen molar-refractivity contribution in [2.75, 3.05) is 7.11 Å². The van der Waals surface area contributed by atoms with Crippen molar-refractivity contribution in [2.45, 2.75) is 0 Å². The van der Waals surface area contributed by atoms with Crippen LogP contribution < -0.4 is 20.7 Å². The summed E-state index contributed by atoms with van der Waals surface area (Å²) in [6, 6.07) is 16.2. The van der Waals surface area contributed by atoms with Gasteiger partial charge in [-0.3, -0.25) is 0 Å². The summed E-state index contributed by atoms with van der Waals surface area (Å²) >= 11 is 1.26. The van der Waals surface area contributed by atoms with Crippen LogP contribution in [0.2, 0.25) is 0 Å². The summed E-state index contributed by atoms with van der Waals surface area (Å²) in [4.78, 5) is 37.7. The third-order valence-electron chi connectivity index (χ3n) is 4.88. The molecule has 0 amide bonds. The lowest BCUT2D eigenvalue weighted by molar-refractivity contribution is 0.0740. The third-order valence-corrected chi connectivity index (χ3v) is 5.73. The zero-order chi connectivity index (χ0) is 22.2. The second kappa shape index (κ2) is 7.82. The number of esters is 1. The predicted octanol–water partition coefficient (Wildman–Crippen LogP) is 4.86. The first-order chi connectivity index (χ1) is 15.5. The summed E-state index contributed by atoms with van der Waals surface area (Å²) in [7, 11) is 1.49. The number of ether oxygens (including phenoxy) is 2. The van der Waals surface area contributed by atoms with E-state index in [9.17, 15) is 14.4 Å². The van der Waals surface area contributed by atoms with Crippen molar-refractivity contribution in [1.29, 1.82) is 0 Å². The summed E-state index contributed by atoms with van der Waals surface area (Å²) in [5.74, 6) is 0.134. The van der Waals surface area contributed by atoms with E-state index in [2.05, 4.69) is 0 Å². The maximum atomic E-state index is 12.8. The number of carbonyl (C=O) groups excluding carboxylic acids is 1. The molecule has 0 saturated heterocycles. The van der Waals surface area contributed by atoms with E-state index in [-0.39, 0.29) is 16.9 Å². The molecule has 5 aromatic rings. The molecule has 158 valence electrons. The number of benzene rings is 2. The zero-order valence-corrected chi connectivity index (χ0v) is 17.4. The van der Waals surface area contributed by atoms with Gasteiger partial charge in [-0.2, -0.15) is 0 Å². The fourth-order valence-corrected chi connectivity index (χ4v) is 4.05. The Morgan fingerprint density at radius 2 is 1.81 bits per heavy atom. The number of carbonyl (C=O) groups is 1. The van der Waals surface area contributed by atoms with Gasteiger partial charge in [-0.25, -0.2) is 14.4 Å². The normalized spacial score (nSPS) is 11.0. The molecule has 7 nitrogen and oxygen atoms in total. The molecule has 0 saturated carbocycles. The minimum absolute atomic E-state index is 0.175. The van der Waals surface area contributed by atoms with Gasteiger partial charge < -0.3 is 18.3 Å². The van der Waals surface area contributed by atoms with Crippen LogP contribution in [-0.4, -0.2) is 13.1 Å². The molecule has 0 spiro atoms. The number of rotatable bonds is 4. The van der Waals surface area contributed by atoms with E-state index in [0.29, 0.717) is 32.5 Å². The van der Waals surface area contributed by atoms with E-state index in [0.717, 1.165) is 0 Å². The van der Waals surface area contributed by atoms with Crippen LogP contribution in [0, 0.1) is 0 Å². The summed E-state index contributed by atoms with van der Waals surface area (Å²) in [5.41, 5.74) is -0.229. The number of para-hydroxylation sites is 1. The maximum absolute atomic E-state index is 12.8. The number of fused-ring (bicyclic) bond motifs is 2. The highest BCUT2D eigenvalue weighted by Gasteiger charge is 2.17. The molecular weight excluding hydrogens is 432 g/mol. The van der Waals surface area contributed by atoms with Crippen LogP contribution in [-0.2, 0) is 0 Å². The van der Waals surface area contributed by atoms with Crippen LogP contribution in [0.1, 0.15) is 9.67 Å². The first-order valence-corrected chi connectivity index (χ1v) is 10.4. The molecule has 8 heteroatoms. The standard InChI is InChI=1S/C24H14O7S/c1-28-18-5-2-4-13-10-17(23(26)31-22(13)18)16-12-21(25)30-19-11-14(7-8-15(16)19)29-24(27)20-6-3-9-32-20/h2-12H,1H3. The summed E-state index contributed by atoms with van der Waals surface area (Å²) < 4.78 is 21.4. The molecule has 32 heavy (non-hydrogen) atoms. The van der Waals surface area contributed by atoms with Crippen molar-refractivity contribution in [3.63, 3.8) is 0 Å². The van der Waals surface area contributed by atoms with Crippen molar-refractivity contribution in [3.8, 4) is 22.6 Å². The molecular formula is C24H14O7S. The van der Waals surface area contributed by atoms with Crippen LogP contribution in [0.4, 0.5) is 0 Å². The monoisotopic (exact) mass is 446 g/mol. The molecule has 0 atom stereocenters. The van der Waals surface area contributed by atoms with Crippen molar-refractivity contribution >= 4 is 39.2 Å². The van der Waals surface area contributed by atoms with Gasteiger partial charge in [0.15, 0.2) is 11.3 Å². The van der Waals surface area contributed by atoms with Crippen molar-refractivity contribution < 1.29 is 23.1 Å². The average Bonchev–Trinajstić information content (AvgIpc) is 3.33. The molecule has 0 aliphatic carbocycles. The molecule has 0 aliphatic rings. The van der Waals surface area contributed by atoms with E-state index < -0.39 is 17.2 Å². The molecule has 0 radical (unpaired) electrons. The van der Waals surface area contributed by atoms with Crippen LogP contribution in [0.5, 0.6) is 11.5 Å². The first-order valence-electron chi connectivity index (χ1n) is 9.48. The lowest BCUT2D eigenvalue weighted by Crippen LogP contribution is -2.08. The number of hydrogen-bond donors (Lipinski definition) is 0. The van der Waals surface area contributed by atoms with Crippen LogP contribution in [0.25, 0.3) is 33.1 Å². The van der Waals surface area contributed by atoms with Crippen LogP contribution >= 0.6 is 11.3 Å². The predicted molar refractivity (Wildman–Crippen MR) is 120 cm³/mol. The summed E-state index contributed by atoms with van der Waals surface area (Å²) in [5, 5.41) is 2.91. The Morgan fingerprint density at radius 3 is 2.59 bits per heavy atom. The lowest BCUT2D eigenvalue weighted by Gasteiger charge is -2.09. The SMILES string of the molecule is COc1cccc2cc(-c3cc(=O)oc4cc(OC(=O)c5cccs5)ccc34)c(=O)oc12. The van der Waals surface area contributed by atoms with Gasteiger partial charge in [0.25, 0.3) is 0 Å². The highest BCUT2D eigenvalue weighted by atomic mass is 32.1. The number of methoxy groups -OCH3 is 1. The molecule has 3 heterocycles. The second-order valence-corrected chi connectivity index (χ2v) is 7.78. The van der Waals surface area contributed by atoms with Gasteiger partial charge in [-0.05, 0) is 35.7 Å². The molecule has 0 unspecified atom stereocenters. The average molecular weight is 446 g/mol. The second-order valence-electron chi connectivity index (χ2n) is 6.83. The quantitative estimate of drug-likeness (QED) is 0.221. The first kappa shape index (κ1) is 19.8. The molecule has 5 rings (SSSR count). The minimum Gasteiger partial charge on any atom is -0.493 e. The molecule has 3 aromatic heterocycles. The van der Waals surface area contributed by atoms with Crippen LogP contribution in [0.3, 0.4) is 0 Å². The highest BCUT2D eigenvalue weighted by Crippen LogP contribution is 2.32. The summed E-state index contributed by atoms with van der Waals surface area (Å²) in [6.07, 6.45) is 0. The van der Waals surface area contributed by atoms with Gasteiger partial charge >= 0.3 is 17.2 Å². The Hall–Kier alpha value is -4.17. The summed E-state index contributed by atoms with van der Waals surface area (Å²) in [6.45, 7) is 0. The Labute approximate surface area is 184 Å². The van der Waals surface area contributed by atoms with Crippen LogP contribution in [0.15, 0.2) is 84.5 Å². The number of hydrogen-bond acceptors (Lipinski definition) is 8. The van der Waals surface area contributed by atoms with E-state index in [4.69, 9.17) is 18.3 Å². The van der Waals surface area contributed by atoms with E-state index in [1.807, 2.05) is 0 Å². The molecule has 0 N–H and O–H groups in total. The smallest absolute Gasteiger partial charge is 0.353 e. The van der Waals surface area contributed by atoms with Gasteiger partial charge in [0, 0.05) is 28.5 Å². The molecule has 0 bridgehead atoms.